The Bertz CT molecular complexity index is 546. The molecule has 2 atom stereocenters. The Morgan fingerprint density at radius 2 is 1.86 bits per heavy atom. The summed E-state index contributed by atoms with van der Waals surface area (Å²) in [6.07, 6.45) is 10.5. The Hall–Kier alpha value is -0.880. The highest BCUT2D eigenvalue weighted by atomic mass is 32.1. The van der Waals surface area contributed by atoms with Crippen LogP contribution in [0, 0.1) is 4.77 Å². The lowest BCUT2D eigenvalue weighted by Gasteiger charge is -2.44. The molecule has 3 fully saturated rings. The number of fused-ring (bicyclic) bond motifs is 1. The van der Waals surface area contributed by atoms with Crippen molar-refractivity contribution in [1.82, 2.24) is 14.8 Å². The van der Waals surface area contributed by atoms with Gasteiger partial charge in [0.25, 0.3) is 0 Å². The van der Waals surface area contributed by atoms with Crippen molar-refractivity contribution in [2.75, 3.05) is 18.1 Å². The van der Waals surface area contributed by atoms with Crippen molar-refractivity contribution < 1.29 is 4.74 Å². The van der Waals surface area contributed by atoms with Crippen molar-refractivity contribution in [1.29, 1.82) is 0 Å². The topological polar surface area (TPSA) is 46.1 Å². The Balaban J connectivity index is 1.67. The lowest BCUT2D eigenvalue weighted by Crippen LogP contribution is -2.53. The van der Waals surface area contributed by atoms with Crippen LogP contribution in [0.4, 0.5) is 5.95 Å². The van der Waals surface area contributed by atoms with Gasteiger partial charge in [0.15, 0.2) is 4.77 Å². The molecule has 116 valence electrons. The van der Waals surface area contributed by atoms with E-state index in [1.807, 2.05) is 0 Å². The minimum absolute atomic E-state index is 0.384. The SMILES string of the molecule is S=c1[nH]nc(N2CCOC3CCCCC32)n1C1CCCC1. The summed E-state index contributed by atoms with van der Waals surface area (Å²) in [4.78, 5) is 2.47. The van der Waals surface area contributed by atoms with Gasteiger partial charge >= 0.3 is 0 Å². The van der Waals surface area contributed by atoms with Crippen molar-refractivity contribution in [2.24, 2.45) is 0 Å². The van der Waals surface area contributed by atoms with Crippen molar-refractivity contribution in [3.8, 4) is 0 Å². The van der Waals surface area contributed by atoms with Gasteiger partial charge in [0.2, 0.25) is 5.95 Å². The predicted molar refractivity (Wildman–Crippen MR) is 84.3 cm³/mol. The van der Waals surface area contributed by atoms with Gasteiger partial charge in [-0.2, -0.15) is 0 Å². The van der Waals surface area contributed by atoms with Crippen LogP contribution in [0.25, 0.3) is 0 Å². The van der Waals surface area contributed by atoms with Gasteiger partial charge in [0, 0.05) is 12.6 Å². The highest BCUT2D eigenvalue weighted by Crippen LogP contribution is 2.36. The van der Waals surface area contributed by atoms with Crippen molar-refractivity contribution >= 4 is 18.2 Å². The number of rotatable bonds is 2. The molecule has 1 aliphatic heterocycles. The van der Waals surface area contributed by atoms with E-state index in [9.17, 15) is 0 Å². The third-order valence-corrected chi connectivity index (χ3v) is 5.65. The smallest absolute Gasteiger partial charge is 0.226 e. The van der Waals surface area contributed by atoms with Crippen LogP contribution in [0.5, 0.6) is 0 Å². The van der Waals surface area contributed by atoms with Crippen LogP contribution in [-0.4, -0.2) is 40.1 Å². The molecule has 4 rings (SSSR count). The number of nitrogens with one attached hydrogen (secondary N) is 1. The van der Waals surface area contributed by atoms with E-state index in [1.165, 1.54) is 51.4 Å². The van der Waals surface area contributed by atoms with Gasteiger partial charge in [-0.25, -0.2) is 5.10 Å². The largest absolute Gasteiger partial charge is 0.374 e. The van der Waals surface area contributed by atoms with E-state index in [1.54, 1.807) is 0 Å². The molecule has 0 spiro atoms. The minimum atomic E-state index is 0.384. The van der Waals surface area contributed by atoms with Crippen molar-refractivity contribution in [3.63, 3.8) is 0 Å². The lowest BCUT2D eigenvalue weighted by molar-refractivity contribution is -0.00967. The lowest BCUT2D eigenvalue weighted by atomic mass is 9.90. The maximum absolute atomic E-state index is 5.99. The van der Waals surface area contributed by atoms with E-state index in [0.717, 1.165) is 23.9 Å². The maximum atomic E-state index is 5.99. The van der Waals surface area contributed by atoms with Gasteiger partial charge in [-0.3, -0.25) is 4.57 Å². The van der Waals surface area contributed by atoms with Gasteiger partial charge in [-0.1, -0.05) is 25.7 Å². The van der Waals surface area contributed by atoms with E-state index in [0.29, 0.717) is 18.2 Å². The number of nitrogens with zero attached hydrogens (tertiary/aromatic N) is 3. The zero-order valence-electron chi connectivity index (χ0n) is 12.5. The van der Waals surface area contributed by atoms with E-state index < -0.39 is 0 Å². The monoisotopic (exact) mass is 308 g/mol. The molecule has 1 saturated heterocycles. The molecule has 1 aromatic rings. The van der Waals surface area contributed by atoms with Gasteiger partial charge in [-0.15, -0.1) is 5.10 Å². The summed E-state index contributed by atoms with van der Waals surface area (Å²) in [6.45, 7) is 1.75. The van der Waals surface area contributed by atoms with Gasteiger partial charge in [-0.05, 0) is 37.9 Å². The number of aromatic nitrogens is 3. The molecule has 2 aliphatic carbocycles. The number of hydrogen-bond donors (Lipinski definition) is 1. The number of anilines is 1. The van der Waals surface area contributed by atoms with E-state index in [-0.39, 0.29) is 0 Å². The molecule has 1 N–H and O–H groups in total. The Morgan fingerprint density at radius 3 is 2.71 bits per heavy atom. The third kappa shape index (κ3) is 2.42. The molecular weight excluding hydrogens is 284 g/mol. The summed E-state index contributed by atoms with van der Waals surface area (Å²) in [5.74, 6) is 1.06. The number of aromatic amines is 1. The van der Waals surface area contributed by atoms with Crippen LogP contribution in [0.15, 0.2) is 0 Å². The molecule has 2 saturated carbocycles. The fraction of sp³-hybridized carbons (Fsp3) is 0.867. The van der Waals surface area contributed by atoms with Crippen LogP contribution >= 0.6 is 12.2 Å². The van der Waals surface area contributed by atoms with E-state index in [2.05, 4.69) is 19.7 Å². The fourth-order valence-electron chi connectivity index (χ4n) is 4.34. The second-order valence-electron chi connectivity index (χ2n) is 6.59. The molecule has 1 aromatic heterocycles. The molecule has 21 heavy (non-hydrogen) atoms. The Labute approximate surface area is 130 Å². The van der Waals surface area contributed by atoms with Crippen LogP contribution in [0.3, 0.4) is 0 Å². The molecule has 0 radical (unpaired) electrons. The first-order chi connectivity index (χ1) is 10.3. The molecule has 0 bridgehead atoms. The van der Waals surface area contributed by atoms with Crippen LogP contribution in [-0.2, 0) is 4.74 Å². The molecule has 2 heterocycles. The summed E-state index contributed by atoms with van der Waals surface area (Å²) >= 11 is 5.51. The summed E-state index contributed by atoms with van der Waals surface area (Å²) in [5.41, 5.74) is 0. The highest BCUT2D eigenvalue weighted by molar-refractivity contribution is 7.71. The van der Waals surface area contributed by atoms with Crippen molar-refractivity contribution in [2.45, 2.75) is 69.6 Å². The first kappa shape index (κ1) is 13.8. The zero-order chi connectivity index (χ0) is 14.2. The number of ether oxygens (including phenoxy) is 1. The second-order valence-corrected chi connectivity index (χ2v) is 6.98. The fourth-order valence-corrected chi connectivity index (χ4v) is 4.61. The first-order valence-corrected chi connectivity index (χ1v) is 8.80. The maximum Gasteiger partial charge on any atom is 0.226 e. The van der Waals surface area contributed by atoms with Crippen LogP contribution in [0.1, 0.15) is 57.4 Å². The average molecular weight is 308 g/mol. The molecule has 0 aromatic carbocycles. The molecule has 2 unspecified atom stereocenters. The zero-order valence-corrected chi connectivity index (χ0v) is 13.3. The average Bonchev–Trinajstić information content (AvgIpc) is 3.16. The summed E-state index contributed by atoms with van der Waals surface area (Å²) in [7, 11) is 0. The predicted octanol–water partition coefficient (Wildman–Crippen LogP) is 3.20. The summed E-state index contributed by atoms with van der Waals surface area (Å²) in [6, 6.07) is 1.02. The summed E-state index contributed by atoms with van der Waals surface area (Å²) < 4.78 is 9.07. The molecule has 6 heteroatoms. The Kier molecular flexibility index (Phi) is 3.75. The van der Waals surface area contributed by atoms with Crippen LogP contribution in [0.2, 0.25) is 0 Å². The molecular formula is C15H24N4OS. The summed E-state index contributed by atoms with van der Waals surface area (Å²) in [5, 5.41) is 7.63. The molecule has 3 aliphatic rings. The number of H-pyrrole nitrogens is 1. The third-order valence-electron chi connectivity index (χ3n) is 5.36. The quantitative estimate of drug-likeness (QED) is 0.852. The number of morpholine rings is 1. The second kappa shape index (κ2) is 5.72. The van der Waals surface area contributed by atoms with E-state index in [4.69, 9.17) is 17.0 Å². The van der Waals surface area contributed by atoms with Crippen molar-refractivity contribution in [3.05, 3.63) is 4.77 Å². The number of hydrogen-bond acceptors (Lipinski definition) is 4. The first-order valence-electron chi connectivity index (χ1n) is 8.40. The van der Waals surface area contributed by atoms with Gasteiger partial charge in [0.05, 0.1) is 18.8 Å². The van der Waals surface area contributed by atoms with Crippen LogP contribution < -0.4 is 4.90 Å². The van der Waals surface area contributed by atoms with E-state index >= 15 is 0 Å². The Morgan fingerprint density at radius 1 is 1.10 bits per heavy atom. The molecule has 5 nitrogen and oxygen atoms in total. The highest BCUT2D eigenvalue weighted by Gasteiger charge is 2.37. The van der Waals surface area contributed by atoms with Gasteiger partial charge < -0.3 is 9.64 Å². The standard InChI is InChI=1S/C15H24N4OS/c21-15-17-16-14(19(15)11-5-1-2-6-11)18-9-10-20-13-8-4-3-7-12(13)18/h11-13H,1-10H2,(H,17,21). The minimum Gasteiger partial charge on any atom is -0.374 e. The van der Waals surface area contributed by atoms with Gasteiger partial charge in [0.1, 0.15) is 0 Å². The normalized spacial score (nSPS) is 30.6. The molecule has 0 amide bonds.